The largest absolute Gasteiger partial charge is 0.482 e. The maximum Gasteiger partial charge on any atom is 0.392 e. The van der Waals surface area contributed by atoms with Crippen LogP contribution in [0.1, 0.15) is 54.4 Å². The molecule has 11 heteroatoms. The van der Waals surface area contributed by atoms with Gasteiger partial charge in [0.05, 0.1) is 24.4 Å². The van der Waals surface area contributed by atoms with E-state index < -0.39 is 18.0 Å². The Bertz CT molecular complexity index is 1690. The Morgan fingerprint density at radius 3 is 2.59 bits per heavy atom. The second-order valence-electron chi connectivity index (χ2n) is 11.8. The number of rotatable bonds is 6. The summed E-state index contributed by atoms with van der Waals surface area (Å²) in [6.07, 6.45) is -0.679. The number of imidazole rings is 1. The summed E-state index contributed by atoms with van der Waals surface area (Å²) in [4.78, 5) is 25.3. The first-order chi connectivity index (χ1) is 19.6. The first kappa shape index (κ1) is 26.3. The fourth-order valence-corrected chi connectivity index (χ4v) is 7.12. The molecule has 5 atom stereocenters. The van der Waals surface area contributed by atoms with Crippen molar-refractivity contribution in [1.82, 2.24) is 23.8 Å². The number of aryl methyl sites for hydroxylation is 2. The quantitative estimate of drug-likeness (QED) is 0.349. The summed E-state index contributed by atoms with van der Waals surface area (Å²) < 4.78 is 49.8. The number of hydrogen-bond donors (Lipinski definition) is 1. The third kappa shape index (κ3) is 4.11. The van der Waals surface area contributed by atoms with E-state index in [1.807, 2.05) is 45.9 Å². The van der Waals surface area contributed by atoms with E-state index in [2.05, 4.69) is 0 Å². The number of ether oxygens (including phenoxy) is 1. The number of carbonyl (C=O) groups is 1. The monoisotopic (exact) mass is 566 g/mol. The third-order valence-electron chi connectivity index (χ3n) is 9.36. The van der Waals surface area contributed by atoms with Crippen LogP contribution in [0, 0.1) is 18.8 Å². The summed E-state index contributed by atoms with van der Waals surface area (Å²) in [6.45, 7) is 4.11. The van der Waals surface area contributed by atoms with Crippen LogP contribution in [0.2, 0.25) is 0 Å². The standard InChI is InChI=1S/C30H33F3N6O2/c1-4-19-6-5-16-10-24(37(28(16)35-19)14-18-9-21(18)30(31,32)33)27-15(2)38-25(36-27)11-17(12-26(38)41-3)29(40)39-20-7-8-23(39)22(34)13-20/h5-6,10-12,18,20-23H,4,7-9,13-14,34H2,1-3H3/t18-,20-,21-,22+,23+/m0/s1. The summed E-state index contributed by atoms with van der Waals surface area (Å²) in [5, 5.41) is 0.849. The van der Waals surface area contributed by atoms with Crippen LogP contribution in [0.3, 0.4) is 0 Å². The van der Waals surface area contributed by atoms with Gasteiger partial charge in [-0.2, -0.15) is 13.2 Å². The maximum atomic E-state index is 13.7. The van der Waals surface area contributed by atoms with Crippen LogP contribution in [-0.4, -0.2) is 61.2 Å². The molecular formula is C30H33F3N6O2. The molecule has 6 heterocycles. The number of nitrogens with zero attached hydrogens (tertiary/aromatic N) is 5. The molecule has 2 saturated heterocycles. The molecule has 3 aliphatic rings. The number of nitrogens with two attached hydrogens (primary N) is 1. The maximum absolute atomic E-state index is 13.7. The van der Waals surface area contributed by atoms with E-state index in [0.29, 0.717) is 34.1 Å². The van der Waals surface area contributed by atoms with E-state index in [1.165, 1.54) is 0 Å². The minimum atomic E-state index is -4.20. The van der Waals surface area contributed by atoms with Crippen molar-refractivity contribution < 1.29 is 22.7 Å². The highest BCUT2D eigenvalue weighted by atomic mass is 19.4. The summed E-state index contributed by atoms with van der Waals surface area (Å²) >= 11 is 0. The number of methoxy groups -OCH3 is 1. The van der Waals surface area contributed by atoms with Gasteiger partial charge in [-0.15, -0.1) is 0 Å². The molecule has 2 N–H and O–H groups in total. The molecule has 2 bridgehead atoms. The Morgan fingerprint density at radius 2 is 1.95 bits per heavy atom. The molecule has 4 aromatic rings. The van der Waals surface area contributed by atoms with E-state index in [-0.39, 0.29) is 37.0 Å². The second-order valence-corrected chi connectivity index (χ2v) is 11.8. The van der Waals surface area contributed by atoms with Gasteiger partial charge in [0.15, 0.2) is 5.88 Å². The van der Waals surface area contributed by atoms with Crippen LogP contribution in [0.25, 0.3) is 28.1 Å². The fraction of sp³-hybridized carbons (Fsp3) is 0.500. The number of carbonyl (C=O) groups excluding carboxylic acids is 1. The van der Waals surface area contributed by atoms with Crippen molar-refractivity contribution >= 4 is 22.6 Å². The van der Waals surface area contributed by atoms with Crippen molar-refractivity contribution in [2.75, 3.05) is 7.11 Å². The predicted molar refractivity (Wildman–Crippen MR) is 148 cm³/mol. The lowest BCUT2D eigenvalue weighted by Gasteiger charge is -2.23. The average molecular weight is 567 g/mol. The van der Waals surface area contributed by atoms with Gasteiger partial charge in [0, 0.05) is 47.4 Å². The summed E-state index contributed by atoms with van der Waals surface area (Å²) in [5.41, 5.74) is 10.9. The third-order valence-corrected chi connectivity index (χ3v) is 9.36. The van der Waals surface area contributed by atoms with Gasteiger partial charge in [0.1, 0.15) is 17.0 Å². The van der Waals surface area contributed by atoms with Crippen molar-refractivity contribution in [3.05, 3.63) is 47.3 Å². The molecule has 1 aliphatic carbocycles. The van der Waals surface area contributed by atoms with Gasteiger partial charge in [-0.1, -0.05) is 6.92 Å². The lowest BCUT2D eigenvalue weighted by atomic mass is 9.97. The van der Waals surface area contributed by atoms with Gasteiger partial charge in [-0.25, -0.2) is 9.97 Å². The summed E-state index contributed by atoms with van der Waals surface area (Å²) in [7, 11) is 1.55. The minimum Gasteiger partial charge on any atom is -0.482 e. The van der Waals surface area contributed by atoms with Crippen LogP contribution < -0.4 is 10.5 Å². The highest BCUT2D eigenvalue weighted by Crippen LogP contribution is 2.51. The molecular weight excluding hydrogens is 533 g/mol. The van der Waals surface area contributed by atoms with Crippen molar-refractivity contribution in [2.45, 2.75) is 76.8 Å². The Kier molecular flexibility index (Phi) is 5.91. The lowest BCUT2D eigenvalue weighted by Crippen LogP contribution is -2.40. The van der Waals surface area contributed by atoms with Crippen LogP contribution in [0.4, 0.5) is 13.2 Å². The first-order valence-electron chi connectivity index (χ1n) is 14.3. The van der Waals surface area contributed by atoms with E-state index in [1.54, 1.807) is 19.2 Å². The molecule has 7 rings (SSSR count). The molecule has 0 aromatic carbocycles. The normalized spacial score (nSPS) is 25.5. The van der Waals surface area contributed by atoms with Crippen molar-refractivity contribution in [1.29, 1.82) is 0 Å². The van der Waals surface area contributed by atoms with Gasteiger partial charge < -0.3 is 19.9 Å². The molecule has 41 heavy (non-hydrogen) atoms. The van der Waals surface area contributed by atoms with Crippen molar-refractivity contribution in [3.8, 4) is 17.3 Å². The molecule has 8 nitrogen and oxygen atoms in total. The van der Waals surface area contributed by atoms with E-state index in [4.69, 9.17) is 20.4 Å². The summed E-state index contributed by atoms with van der Waals surface area (Å²) in [5.74, 6) is -1.42. The smallest absolute Gasteiger partial charge is 0.392 e. The number of alkyl halides is 3. The van der Waals surface area contributed by atoms with Gasteiger partial charge in [-0.05, 0) is 69.2 Å². The highest BCUT2D eigenvalue weighted by molar-refractivity contribution is 5.96. The molecule has 4 aromatic heterocycles. The van der Waals surface area contributed by atoms with Gasteiger partial charge >= 0.3 is 6.18 Å². The first-order valence-corrected chi connectivity index (χ1v) is 14.3. The van der Waals surface area contributed by atoms with Crippen LogP contribution >= 0.6 is 0 Å². The molecule has 0 unspecified atom stereocenters. The number of fused-ring (bicyclic) bond motifs is 4. The predicted octanol–water partition coefficient (Wildman–Crippen LogP) is 5.13. The number of pyridine rings is 2. The van der Waals surface area contributed by atoms with Crippen LogP contribution in [0.15, 0.2) is 30.3 Å². The average Bonchev–Trinajstić information content (AvgIpc) is 3.17. The van der Waals surface area contributed by atoms with Crippen LogP contribution in [-0.2, 0) is 13.0 Å². The minimum absolute atomic E-state index is 0.00392. The Morgan fingerprint density at radius 1 is 1.15 bits per heavy atom. The molecule has 0 spiro atoms. The lowest BCUT2D eigenvalue weighted by molar-refractivity contribution is -0.151. The van der Waals surface area contributed by atoms with Gasteiger partial charge in [0.2, 0.25) is 0 Å². The number of aromatic nitrogens is 4. The molecule has 3 fully saturated rings. The second kappa shape index (κ2) is 9.20. The molecule has 216 valence electrons. The number of halogens is 3. The fourth-order valence-electron chi connectivity index (χ4n) is 7.12. The molecule has 1 amide bonds. The SMILES string of the molecule is CCc1ccc2cc(-c3nc4cc(C(=O)N5[C@H]6CC[C@@H]5[C@H](N)C6)cc(OC)n4c3C)n(C[C@@H]3C[C@@H]3C(F)(F)F)c2n1. The zero-order valence-corrected chi connectivity index (χ0v) is 23.3. The Labute approximate surface area is 235 Å². The highest BCUT2D eigenvalue weighted by Gasteiger charge is 2.55. The zero-order chi connectivity index (χ0) is 28.8. The van der Waals surface area contributed by atoms with Gasteiger partial charge in [-0.3, -0.25) is 9.20 Å². The topological polar surface area (TPSA) is 90.7 Å². The Balaban J connectivity index is 1.34. The Hall–Kier alpha value is -3.60. The molecule has 0 radical (unpaired) electrons. The van der Waals surface area contributed by atoms with Crippen molar-refractivity contribution in [2.24, 2.45) is 17.6 Å². The van der Waals surface area contributed by atoms with E-state index in [0.717, 1.165) is 42.5 Å². The van der Waals surface area contributed by atoms with Crippen LogP contribution in [0.5, 0.6) is 5.88 Å². The number of hydrogen-bond acceptors (Lipinski definition) is 5. The van der Waals surface area contributed by atoms with Gasteiger partial charge in [0.25, 0.3) is 5.91 Å². The number of amides is 1. The zero-order valence-electron chi connectivity index (χ0n) is 23.3. The van der Waals surface area contributed by atoms with Crippen molar-refractivity contribution in [3.63, 3.8) is 0 Å². The molecule has 2 aliphatic heterocycles. The summed E-state index contributed by atoms with van der Waals surface area (Å²) in [6, 6.07) is 9.56. The molecule has 1 saturated carbocycles. The van der Waals surface area contributed by atoms with E-state index in [9.17, 15) is 18.0 Å². The van der Waals surface area contributed by atoms with E-state index >= 15 is 0 Å².